The Morgan fingerprint density at radius 2 is 1.90 bits per heavy atom. The van der Waals surface area contributed by atoms with E-state index >= 15 is 0 Å². The largest absolute Gasteiger partial charge is 0.290 e. The highest BCUT2D eigenvalue weighted by Crippen LogP contribution is 2.43. The minimum absolute atomic E-state index is 0.244. The molecule has 0 amide bonds. The van der Waals surface area contributed by atoms with Gasteiger partial charge in [-0.2, -0.15) is 0 Å². The zero-order valence-electron chi connectivity index (χ0n) is 16.8. The van der Waals surface area contributed by atoms with Gasteiger partial charge in [0.05, 0.1) is 11.6 Å². The van der Waals surface area contributed by atoms with E-state index in [2.05, 4.69) is 72.5 Å². The number of carbonyl (C=O) groups excluding carboxylic acids is 1. The summed E-state index contributed by atoms with van der Waals surface area (Å²) in [6, 6.07) is 21.5. The van der Waals surface area contributed by atoms with E-state index in [1.807, 2.05) is 22.4 Å². The second-order valence-corrected chi connectivity index (χ2v) is 9.17. The van der Waals surface area contributed by atoms with E-state index in [-0.39, 0.29) is 5.91 Å². The van der Waals surface area contributed by atoms with Gasteiger partial charge in [0.25, 0.3) is 0 Å². The molecule has 1 saturated heterocycles. The summed E-state index contributed by atoms with van der Waals surface area (Å²) in [5.41, 5.74) is 3.66. The van der Waals surface area contributed by atoms with Crippen molar-refractivity contribution < 1.29 is 4.79 Å². The second-order valence-electron chi connectivity index (χ2n) is 8.01. The number of hydrogen-bond donors (Lipinski definition) is 0. The van der Waals surface area contributed by atoms with Gasteiger partial charge in [-0.3, -0.25) is 14.3 Å². The minimum atomic E-state index is 0.244. The lowest BCUT2D eigenvalue weighted by Crippen LogP contribution is -2.39. The van der Waals surface area contributed by atoms with Crippen LogP contribution >= 0.6 is 11.8 Å². The number of fused-ring (bicyclic) bond motifs is 6. The molecule has 0 saturated carbocycles. The molecule has 4 heteroatoms. The maximum absolute atomic E-state index is 13.2. The first-order valence-electron chi connectivity index (χ1n) is 10.4. The number of thioether (sulfide) groups is 1. The molecule has 2 aliphatic rings. The maximum Gasteiger partial charge on any atom is 0.231 e. The molecular weight excluding hydrogens is 376 g/mol. The average Bonchev–Trinajstić information content (AvgIpc) is 3.09. The molecule has 2 bridgehead atoms. The number of likely N-dealkylation sites (tertiary alicyclic amines) is 1. The Hall–Kier alpha value is -2.30. The van der Waals surface area contributed by atoms with Crippen molar-refractivity contribution in [2.24, 2.45) is 5.92 Å². The molecule has 0 aliphatic carbocycles. The van der Waals surface area contributed by atoms with Crippen LogP contribution in [0.1, 0.15) is 36.3 Å². The molecule has 1 fully saturated rings. The van der Waals surface area contributed by atoms with E-state index in [0.717, 1.165) is 30.8 Å². The van der Waals surface area contributed by atoms with Gasteiger partial charge >= 0.3 is 0 Å². The van der Waals surface area contributed by atoms with Crippen LogP contribution in [0.3, 0.4) is 0 Å². The first-order chi connectivity index (χ1) is 14.2. The lowest BCUT2D eigenvalue weighted by Gasteiger charge is -2.39. The second kappa shape index (κ2) is 7.85. The summed E-state index contributed by atoms with van der Waals surface area (Å²) in [5, 5.41) is 1.17. The van der Waals surface area contributed by atoms with Crippen molar-refractivity contribution >= 4 is 28.6 Å². The fourth-order valence-corrected chi connectivity index (χ4v) is 5.84. The van der Waals surface area contributed by atoms with E-state index in [0.29, 0.717) is 18.4 Å². The zero-order valence-corrected chi connectivity index (χ0v) is 17.6. The Bertz CT molecular complexity index is 1070. The van der Waals surface area contributed by atoms with Crippen LogP contribution in [0.5, 0.6) is 0 Å². The normalized spacial score (nSPS) is 23.3. The van der Waals surface area contributed by atoms with E-state index in [4.69, 9.17) is 0 Å². The lowest BCUT2D eigenvalue weighted by molar-refractivity contribution is 0.0892. The number of nitrogens with zero attached hydrogens (tertiary/aromatic N) is 2. The first-order valence-corrected chi connectivity index (χ1v) is 11.4. The number of hydrogen-bond acceptors (Lipinski definition) is 3. The highest BCUT2D eigenvalue weighted by Gasteiger charge is 2.39. The standard InChI is InChI=1S/C25H26N2OS/c1-2-18-17-26(12-13-29-21-9-4-3-5-10-21)23-15-20(18)16-25(28)27-22-11-7-6-8-19(22)14-24(23)27/h2-11,14,20,23H,12-13,15-17H2,1H3/b18-2-/t20-,23+/m1/s1. The third-order valence-corrected chi connectivity index (χ3v) is 7.36. The lowest BCUT2D eigenvalue weighted by atomic mass is 9.84. The van der Waals surface area contributed by atoms with Crippen LogP contribution < -0.4 is 0 Å². The molecule has 2 atom stereocenters. The summed E-state index contributed by atoms with van der Waals surface area (Å²) in [5.74, 6) is 1.67. The van der Waals surface area contributed by atoms with Crippen LogP contribution in [0, 0.1) is 5.92 Å². The molecule has 2 aliphatic heterocycles. The van der Waals surface area contributed by atoms with Gasteiger partial charge < -0.3 is 0 Å². The Morgan fingerprint density at radius 3 is 2.72 bits per heavy atom. The van der Waals surface area contributed by atoms with Crippen molar-refractivity contribution in [1.82, 2.24) is 9.47 Å². The zero-order chi connectivity index (χ0) is 19.8. The molecule has 3 nitrogen and oxygen atoms in total. The summed E-state index contributed by atoms with van der Waals surface area (Å²) in [7, 11) is 0. The summed E-state index contributed by atoms with van der Waals surface area (Å²) >= 11 is 1.91. The van der Waals surface area contributed by atoms with Crippen molar-refractivity contribution in [2.75, 3.05) is 18.8 Å². The molecule has 5 rings (SSSR count). The van der Waals surface area contributed by atoms with Gasteiger partial charge in [-0.15, -0.1) is 11.8 Å². The van der Waals surface area contributed by atoms with Gasteiger partial charge in [0.2, 0.25) is 5.91 Å². The van der Waals surface area contributed by atoms with E-state index in [1.165, 1.54) is 21.5 Å². The molecule has 0 radical (unpaired) electrons. The number of allylic oxidation sites excluding steroid dienone is 1. The van der Waals surface area contributed by atoms with E-state index in [1.54, 1.807) is 0 Å². The summed E-state index contributed by atoms with van der Waals surface area (Å²) in [4.78, 5) is 17.1. The third-order valence-electron chi connectivity index (χ3n) is 6.37. The molecule has 1 aromatic heterocycles. The number of rotatable bonds is 4. The maximum atomic E-state index is 13.2. The fraction of sp³-hybridized carbons (Fsp3) is 0.320. The van der Waals surface area contributed by atoms with Crippen molar-refractivity contribution in [3.05, 3.63) is 78.0 Å². The first kappa shape index (κ1) is 18.7. The van der Waals surface area contributed by atoms with E-state index in [9.17, 15) is 4.79 Å². The summed E-state index contributed by atoms with van der Waals surface area (Å²) < 4.78 is 2.01. The number of aromatic nitrogens is 1. The Kier molecular flexibility index (Phi) is 5.06. The molecule has 0 N–H and O–H groups in total. The van der Waals surface area contributed by atoms with Gasteiger partial charge in [-0.1, -0.05) is 48.0 Å². The summed E-state index contributed by atoms with van der Waals surface area (Å²) in [6.45, 7) is 4.11. The van der Waals surface area contributed by atoms with Gasteiger partial charge in [0.15, 0.2) is 0 Å². The fourth-order valence-electron chi connectivity index (χ4n) is 4.93. The Morgan fingerprint density at radius 1 is 1.10 bits per heavy atom. The molecule has 29 heavy (non-hydrogen) atoms. The molecule has 3 aromatic rings. The van der Waals surface area contributed by atoms with Gasteiger partial charge in [0.1, 0.15) is 0 Å². The number of benzene rings is 2. The van der Waals surface area contributed by atoms with Crippen LogP contribution in [-0.2, 0) is 0 Å². The Labute approximate surface area is 176 Å². The van der Waals surface area contributed by atoms with Crippen molar-refractivity contribution in [3.63, 3.8) is 0 Å². The molecule has 0 spiro atoms. The Balaban J connectivity index is 1.47. The predicted octanol–water partition coefficient (Wildman–Crippen LogP) is 5.79. The van der Waals surface area contributed by atoms with Crippen LogP contribution in [-0.4, -0.2) is 34.2 Å². The minimum Gasteiger partial charge on any atom is -0.290 e. The molecule has 3 heterocycles. The van der Waals surface area contributed by atoms with Crippen molar-refractivity contribution in [3.8, 4) is 0 Å². The van der Waals surface area contributed by atoms with Crippen LogP contribution in [0.4, 0.5) is 0 Å². The molecule has 148 valence electrons. The highest BCUT2D eigenvalue weighted by atomic mass is 32.2. The average molecular weight is 403 g/mol. The van der Waals surface area contributed by atoms with Crippen LogP contribution in [0.15, 0.2) is 77.2 Å². The van der Waals surface area contributed by atoms with Gasteiger partial charge in [0, 0.05) is 41.2 Å². The van der Waals surface area contributed by atoms with Gasteiger partial charge in [-0.05, 0) is 43.5 Å². The topological polar surface area (TPSA) is 25.2 Å². The van der Waals surface area contributed by atoms with Crippen LogP contribution in [0.25, 0.3) is 10.9 Å². The SMILES string of the molecule is C/C=C1/CN(CCSc2ccccc2)[C@H]2C[C@@H]1CC(=O)n1c2cc2ccccc21. The number of piperidine rings is 1. The van der Waals surface area contributed by atoms with Crippen LogP contribution in [0.2, 0.25) is 0 Å². The van der Waals surface area contributed by atoms with Gasteiger partial charge in [-0.25, -0.2) is 0 Å². The third kappa shape index (κ3) is 3.45. The monoisotopic (exact) mass is 402 g/mol. The molecule has 2 aromatic carbocycles. The highest BCUT2D eigenvalue weighted by molar-refractivity contribution is 7.99. The smallest absolute Gasteiger partial charge is 0.231 e. The quantitative estimate of drug-likeness (QED) is 0.408. The molecular formula is C25H26N2OS. The van der Waals surface area contributed by atoms with E-state index < -0.39 is 0 Å². The van der Waals surface area contributed by atoms with Crippen molar-refractivity contribution in [1.29, 1.82) is 0 Å². The van der Waals surface area contributed by atoms with Crippen molar-refractivity contribution in [2.45, 2.75) is 30.7 Å². The number of carbonyl (C=O) groups is 1. The predicted molar refractivity (Wildman–Crippen MR) is 121 cm³/mol. The number of para-hydroxylation sites is 1. The molecule has 0 unspecified atom stereocenters. The summed E-state index contributed by atoms with van der Waals surface area (Å²) in [6.07, 6.45) is 3.90.